The number of carbonyl (C=O) groups excluding carboxylic acids is 1. The number of amides is 1. The second-order valence-electron chi connectivity index (χ2n) is 6.75. The monoisotopic (exact) mass is 491 g/mol. The molecule has 0 radical (unpaired) electrons. The lowest BCUT2D eigenvalue weighted by Crippen LogP contribution is -2.35. The Morgan fingerprint density at radius 1 is 1.14 bits per heavy atom. The number of sulfonamides is 1. The molecule has 0 aliphatic carbocycles. The van der Waals surface area contributed by atoms with Crippen molar-refractivity contribution in [2.75, 3.05) is 11.9 Å². The Morgan fingerprint density at radius 3 is 2.52 bits per heavy atom. The van der Waals surface area contributed by atoms with Gasteiger partial charge >= 0.3 is 0 Å². The Kier molecular flexibility index (Phi) is 5.56. The first-order valence-electron chi connectivity index (χ1n) is 8.95. The molecule has 9 heteroatoms. The van der Waals surface area contributed by atoms with Crippen LogP contribution in [-0.4, -0.2) is 30.2 Å². The van der Waals surface area contributed by atoms with Crippen LogP contribution in [0.2, 0.25) is 0 Å². The molecule has 150 valence electrons. The molecule has 3 aromatic rings. The van der Waals surface area contributed by atoms with Crippen molar-refractivity contribution in [2.24, 2.45) is 0 Å². The Balaban J connectivity index is 1.50. The van der Waals surface area contributed by atoms with Gasteiger partial charge in [-0.25, -0.2) is 13.4 Å². The number of halogens is 1. The number of hydrogen-bond acceptors (Lipinski definition) is 5. The largest absolute Gasteiger partial charge is 0.298 e. The summed E-state index contributed by atoms with van der Waals surface area (Å²) in [4.78, 5) is 18.0. The zero-order chi connectivity index (χ0) is 20.6. The molecule has 1 aromatic heterocycles. The normalized spacial score (nSPS) is 14.4. The minimum atomic E-state index is -3.56. The third-order valence-electron chi connectivity index (χ3n) is 4.68. The molecule has 0 saturated heterocycles. The van der Waals surface area contributed by atoms with Crippen molar-refractivity contribution in [3.63, 3.8) is 0 Å². The summed E-state index contributed by atoms with van der Waals surface area (Å²) in [5.41, 5.74) is 2.39. The van der Waals surface area contributed by atoms with Crippen LogP contribution >= 0.6 is 27.3 Å². The van der Waals surface area contributed by atoms with Crippen molar-refractivity contribution in [2.45, 2.75) is 24.8 Å². The number of anilines is 1. The molecule has 0 saturated carbocycles. The third kappa shape index (κ3) is 4.28. The van der Waals surface area contributed by atoms with Gasteiger partial charge in [-0.2, -0.15) is 4.31 Å². The maximum absolute atomic E-state index is 12.9. The van der Waals surface area contributed by atoms with Crippen LogP contribution in [0.25, 0.3) is 0 Å². The lowest BCUT2D eigenvalue weighted by atomic mass is 10.2. The molecule has 1 aliphatic heterocycles. The van der Waals surface area contributed by atoms with Gasteiger partial charge in [-0.15, -0.1) is 11.3 Å². The van der Waals surface area contributed by atoms with Gasteiger partial charge in [0.05, 0.1) is 17.1 Å². The topological polar surface area (TPSA) is 79.4 Å². The molecule has 0 unspecified atom stereocenters. The molecular weight excluding hydrogens is 474 g/mol. The number of nitrogens with zero attached hydrogens (tertiary/aromatic N) is 2. The van der Waals surface area contributed by atoms with E-state index < -0.39 is 10.0 Å². The molecule has 2 aromatic carbocycles. The maximum Gasteiger partial charge on any atom is 0.257 e. The minimum Gasteiger partial charge on any atom is -0.298 e. The van der Waals surface area contributed by atoms with E-state index in [1.807, 2.05) is 6.92 Å². The van der Waals surface area contributed by atoms with Gasteiger partial charge in [0.15, 0.2) is 5.13 Å². The van der Waals surface area contributed by atoms with Crippen LogP contribution in [0, 0.1) is 6.92 Å². The van der Waals surface area contributed by atoms with Gasteiger partial charge < -0.3 is 0 Å². The van der Waals surface area contributed by atoms with E-state index in [1.165, 1.54) is 15.6 Å². The van der Waals surface area contributed by atoms with Crippen LogP contribution in [0.15, 0.2) is 57.9 Å². The fourth-order valence-electron chi connectivity index (χ4n) is 3.06. The highest BCUT2D eigenvalue weighted by molar-refractivity contribution is 9.10. The summed E-state index contributed by atoms with van der Waals surface area (Å²) >= 11 is 4.67. The van der Waals surface area contributed by atoms with Crippen LogP contribution < -0.4 is 5.32 Å². The number of aryl methyl sites for hydroxylation is 1. The Labute approximate surface area is 181 Å². The van der Waals surface area contributed by atoms with Crippen LogP contribution in [0.3, 0.4) is 0 Å². The summed E-state index contributed by atoms with van der Waals surface area (Å²) in [5, 5.41) is 3.30. The zero-order valence-electron chi connectivity index (χ0n) is 15.6. The molecule has 0 fully saturated rings. The van der Waals surface area contributed by atoms with Crippen molar-refractivity contribution in [1.82, 2.24) is 9.29 Å². The fraction of sp³-hybridized carbons (Fsp3) is 0.200. The van der Waals surface area contributed by atoms with Gasteiger partial charge in [0.25, 0.3) is 5.91 Å². The Morgan fingerprint density at radius 2 is 1.83 bits per heavy atom. The molecule has 2 heterocycles. The first-order chi connectivity index (χ1) is 13.8. The average molecular weight is 492 g/mol. The minimum absolute atomic E-state index is 0.243. The van der Waals surface area contributed by atoms with Gasteiger partial charge in [0.2, 0.25) is 10.0 Å². The summed E-state index contributed by atoms with van der Waals surface area (Å²) < 4.78 is 28.3. The predicted octanol–water partition coefficient (Wildman–Crippen LogP) is 4.21. The molecule has 0 bridgehead atoms. The van der Waals surface area contributed by atoms with Gasteiger partial charge in [-0.05, 0) is 43.3 Å². The molecule has 6 nitrogen and oxygen atoms in total. The number of thiazole rings is 1. The third-order valence-corrected chi connectivity index (χ3v) is 8.07. The number of aromatic nitrogens is 1. The smallest absolute Gasteiger partial charge is 0.257 e. The maximum atomic E-state index is 12.9. The molecular formula is C20H18BrN3O3S2. The molecule has 1 aliphatic rings. The second-order valence-corrected chi connectivity index (χ2v) is 10.7. The van der Waals surface area contributed by atoms with E-state index in [4.69, 9.17) is 0 Å². The van der Waals surface area contributed by atoms with Crippen molar-refractivity contribution in [3.05, 3.63) is 74.7 Å². The zero-order valence-corrected chi connectivity index (χ0v) is 18.8. The SMILES string of the molecule is Cc1ccc(S(=O)(=O)N2CCc3nc(NC(=O)c4ccc(Br)cc4)sc3C2)cc1. The van der Waals surface area contributed by atoms with E-state index in [9.17, 15) is 13.2 Å². The second kappa shape index (κ2) is 7.98. The van der Waals surface area contributed by atoms with Crippen LogP contribution in [0.1, 0.15) is 26.5 Å². The van der Waals surface area contributed by atoms with Crippen LogP contribution in [-0.2, 0) is 23.0 Å². The number of rotatable bonds is 4. The predicted molar refractivity (Wildman–Crippen MR) is 117 cm³/mol. The number of carbonyl (C=O) groups is 1. The highest BCUT2D eigenvalue weighted by Gasteiger charge is 2.30. The van der Waals surface area contributed by atoms with E-state index in [1.54, 1.807) is 48.5 Å². The lowest BCUT2D eigenvalue weighted by Gasteiger charge is -2.25. The quantitative estimate of drug-likeness (QED) is 0.592. The van der Waals surface area contributed by atoms with Crippen LogP contribution in [0.4, 0.5) is 5.13 Å². The highest BCUT2D eigenvalue weighted by atomic mass is 79.9. The summed E-state index contributed by atoms with van der Waals surface area (Å²) in [6.07, 6.45) is 0.519. The van der Waals surface area contributed by atoms with Crippen molar-refractivity contribution < 1.29 is 13.2 Å². The summed E-state index contributed by atoms with van der Waals surface area (Å²) in [5.74, 6) is -0.243. The van der Waals surface area contributed by atoms with E-state index in [-0.39, 0.29) is 12.5 Å². The number of hydrogen-bond donors (Lipinski definition) is 1. The van der Waals surface area contributed by atoms with Crippen molar-refractivity contribution in [3.8, 4) is 0 Å². The standard InChI is InChI=1S/C20H18BrN3O3S2/c1-13-2-8-16(9-3-13)29(26,27)24-11-10-17-18(12-24)28-20(22-17)23-19(25)14-4-6-15(21)7-5-14/h2-9H,10-12H2,1H3,(H,22,23,25). The Bertz CT molecular complexity index is 1160. The number of benzene rings is 2. The molecule has 0 atom stereocenters. The lowest BCUT2D eigenvalue weighted by molar-refractivity contribution is 0.102. The fourth-order valence-corrected chi connectivity index (χ4v) is 5.83. The van der Waals surface area contributed by atoms with Gasteiger partial charge in [0, 0.05) is 27.9 Å². The number of fused-ring (bicyclic) bond motifs is 1. The Hall–Kier alpha value is -2.07. The average Bonchev–Trinajstić information content (AvgIpc) is 3.10. The van der Waals surface area contributed by atoms with Crippen LogP contribution in [0.5, 0.6) is 0 Å². The van der Waals surface area contributed by atoms with E-state index >= 15 is 0 Å². The molecule has 1 N–H and O–H groups in total. The number of nitrogens with one attached hydrogen (secondary N) is 1. The first kappa shape index (κ1) is 20.2. The first-order valence-corrected chi connectivity index (χ1v) is 12.0. The summed E-state index contributed by atoms with van der Waals surface area (Å²) in [7, 11) is -3.56. The molecule has 0 spiro atoms. The van der Waals surface area contributed by atoms with Gasteiger partial charge in [-0.1, -0.05) is 33.6 Å². The highest BCUT2D eigenvalue weighted by Crippen LogP contribution is 2.31. The molecule has 1 amide bonds. The van der Waals surface area contributed by atoms with E-state index in [0.717, 1.165) is 20.6 Å². The van der Waals surface area contributed by atoms with Crippen molar-refractivity contribution >= 4 is 48.3 Å². The van der Waals surface area contributed by atoms with Gasteiger partial charge in [-0.3, -0.25) is 10.1 Å². The van der Waals surface area contributed by atoms with E-state index in [0.29, 0.717) is 28.6 Å². The molecule has 4 rings (SSSR count). The van der Waals surface area contributed by atoms with Crippen molar-refractivity contribution in [1.29, 1.82) is 0 Å². The summed E-state index contributed by atoms with van der Waals surface area (Å²) in [6.45, 7) is 2.55. The molecule has 29 heavy (non-hydrogen) atoms. The van der Waals surface area contributed by atoms with E-state index in [2.05, 4.69) is 26.2 Å². The van der Waals surface area contributed by atoms with Gasteiger partial charge in [0.1, 0.15) is 0 Å². The summed E-state index contributed by atoms with van der Waals surface area (Å²) in [6, 6.07) is 13.9.